The lowest BCUT2D eigenvalue weighted by Crippen LogP contribution is -2.39. The van der Waals surface area contributed by atoms with Gasteiger partial charge in [0.2, 0.25) is 0 Å². The number of hydrogen-bond acceptors (Lipinski definition) is 3. The van der Waals surface area contributed by atoms with Crippen LogP contribution in [0.25, 0.3) is 0 Å². The van der Waals surface area contributed by atoms with Gasteiger partial charge in [-0.3, -0.25) is 0 Å². The van der Waals surface area contributed by atoms with Crippen molar-refractivity contribution in [2.24, 2.45) is 5.41 Å². The second kappa shape index (κ2) is 4.82. The standard InChI is InChI=1S/C14H26N4/c1-5-18-13(12(15)10(2)17-18)16-11-8-6-7-9-14(11,3)4/h11,16H,5-9,15H2,1-4H3. The highest BCUT2D eigenvalue weighted by Crippen LogP contribution is 2.38. The van der Waals surface area contributed by atoms with Crippen molar-refractivity contribution in [3.05, 3.63) is 5.69 Å². The molecule has 0 spiro atoms. The highest BCUT2D eigenvalue weighted by atomic mass is 15.3. The minimum atomic E-state index is 0.335. The number of anilines is 2. The second-order valence-corrected chi connectivity index (χ2v) is 6.09. The summed E-state index contributed by atoms with van der Waals surface area (Å²) in [5, 5.41) is 8.13. The van der Waals surface area contributed by atoms with Crippen LogP contribution < -0.4 is 11.1 Å². The molecule has 0 amide bonds. The number of nitrogens with zero attached hydrogens (tertiary/aromatic N) is 2. The molecule has 1 aliphatic carbocycles. The van der Waals surface area contributed by atoms with Crippen molar-refractivity contribution in [1.82, 2.24) is 9.78 Å². The number of aryl methyl sites for hydroxylation is 2. The molecule has 3 N–H and O–H groups in total. The van der Waals surface area contributed by atoms with Gasteiger partial charge in [-0.25, -0.2) is 4.68 Å². The SMILES string of the molecule is CCn1nc(C)c(N)c1NC1CCCCC1(C)C. The van der Waals surface area contributed by atoms with Crippen LogP contribution in [0.5, 0.6) is 0 Å². The Morgan fingerprint density at radius 2 is 2.17 bits per heavy atom. The molecule has 4 nitrogen and oxygen atoms in total. The van der Waals surface area contributed by atoms with Gasteiger partial charge in [0, 0.05) is 12.6 Å². The van der Waals surface area contributed by atoms with E-state index in [-0.39, 0.29) is 0 Å². The molecule has 1 atom stereocenters. The van der Waals surface area contributed by atoms with Crippen molar-refractivity contribution in [2.45, 2.75) is 66.0 Å². The Hall–Kier alpha value is -1.19. The molecule has 4 heteroatoms. The Morgan fingerprint density at radius 1 is 1.44 bits per heavy atom. The molecule has 1 heterocycles. The normalized spacial score (nSPS) is 23.0. The molecule has 1 unspecified atom stereocenters. The van der Waals surface area contributed by atoms with Gasteiger partial charge < -0.3 is 11.1 Å². The maximum Gasteiger partial charge on any atom is 0.148 e. The average molecular weight is 250 g/mol. The minimum absolute atomic E-state index is 0.335. The van der Waals surface area contributed by atoms with E-state index in [1.807, 2.05) is 11.6 Å². The first-order valence-electron chi connectivity index (χ1n) is 7.05. The van der Waals surface area contributed by atoms with E-state index < -0.39 is 0 Å². The van der Waals surface area contributed by atoms with Gasteiger partial charge in [0.05, 0.1) is 11.4 Å². The lowest BCUT2D eigenvalue weighted by atomic mass is 9.73. The van der Waals surface area contributed by atoms with E-state index in [4.69, 9.17) is 5.73 Å². The topological polar surface area (TPSA) is 55.9 Å². The average Bonchev–Trinajstić information content (AvgIpc) is 2.59. The van der Waals surface area contributed by atoms with E-state index in [1.54, 1.807) is 0 Å². The number of hydrogen-bond donors (Lipinski definition) is 2. The van der Waals surface area contributed by atoms with Crippen LogP contribution >= 0.6 is 0 Å². The molecular formula is C14H26N4. The third-order valence-electron chi connectivity index (χ3n) is 4.29. The third kappa shape index (κ3) is 2.33. The van der Waals surface area contributed by atoms with Gasteiger partial charge in [-0.1, -0.05) is 26.7 Å². The van der Waals surface area contributed by atoms with Crippen LogP contribution in [-0.2, 0) is 6.54 Å². The molecule has 0 saturated heterocycles. The third-order valence-corrected chi connectivity index (χ3v) is 4.29. The lowest BCUT2D eigenvalue weighted by molar-refractivity contribution is 0.216. The fourth-order valence-corrected chi connectivity index (χ4v) is 2.90. The molecule has 1 aromatic rings. The fourth-order valence-electron chi connectivity index (χ4n) is 2.90. The van der Waals surface area contributed by atoms with Gasteiger partial charge in [-0.05, 0) is 32.1 Å². The van der Waals surface area contributed by atoms with Crippen LogP contribution in [0.1, 0.15) is 52.1 Å². The Labute approximate surface area is 110 Å². The molecule has 1 aliphatic rings. The molecule has 1 aromatic heterocycles. The van der Waals surface area contributed by atoms with E-state index in [0.29, 0.717) is 11.5 Å². The Kier molecular flexibility index (Phi) is 3.55. The monoisotopic (exact) mass is 250 g/mol. The van der Waals surface area contributed by atoms with Crippen molar-refractivity contribution in [3.8, 4) is 0 Å². The molecule has 2 rings (SSSR count). The fraction of sp³-hybridized carbons (Fsp3) is 0.786. The van der Waals surface area contributed by atoms with Crippen LogP contribution in [0.4, 0.5) is 11.5 Å². The number of rotatable bonds is 3. The van der Waals surface area contributed by atoms with Gasteiger partial charge >= 0.3 is 0 Å². The van der Waals surface area contributed by atoms with Crippen molar-refractivity contribution in [1.29, 1.82) is 0 Å². The summed E-state index contributed by atoms with van der Waals surface area (Å²) in [6.07, 6.45) is 5.15. The van der Waals surface area contributed by atoms with Crippen LogP contribution in [-0.4, -0.2) is 15.8 Å². The van der Waals surface area contributed by atoms with E-state index in [2.05, 4.69) is 31.2 Å². The smallest absolute Gasteiger partial charge is 0.148 e. The second-order valence-electron chi connectivity index (χ2n) is 6.09. The minimum Gasteiger partial charge on any atom is -0.394 e. The van der Waals surface area contributed by atoms with E-state index >= 15 is 0 Å². The van der Waals surface area contributed by atoms with Crippen molar-refractivity contribution >= 4 is 11.5 Å². The van der Waals surface area contributed by atoms with Gasteiger partial charge in [0.15, 0.2) is 0 Å². The van der Waals surface area contributed by atoms with Crippen molar-refractivity contribution < 1.29 is 0 Å². The summed E-state index contributed by atoms with van der Waals surface area (Å²) in [6, 6.07) is 0.495. The maximum absolute atomic E-state index is 6.14. The summed E-state index contributed by atoms with van der Waals surface area (Å²) in [5.74, 6) is 1.01. The molecule has 1 fully saturated rings. The Bertz CT molecular complexity index is 420. The van der Waals surface area contributed by atoms with E-state index in [1.165, 1.54) is 25.7 Å². The highest BCUT2D eigenvalue weighted by molar-refractivity contribution is 5.65. The van der Waals surface area contributed by atoms with E-state index in [0.717, 1.165) is 23.7 Å². The molecule has 102 valence electrons. The zero-order valence-corrected chi connectivity index (χ0v) is 12.1. The Morgan fingerprint density at radius 3 is 2.78 bits per heavy atom. The predicted molar refractivity (Wildman–Crippen MR) is 76.7 cm³/mol. The summed E-state index contributed by atoms with van der Waals surface area (Å²) >= 11 is 0. The first kappa shape index (κ1) is 13.2. The molecule has 0 aromatic carbocycles. The summed E-state index contributed by atoms with van der Waals surface area (Å²) in [5.41, 5.74) is 8.20. The summed E-state index contributed by atoms with van der Waals surface area (Å²) in [6.45, 7) is 9.62. The van der Waals surface area contributed by atoms with Crippen molar-refractivity contribution in [3.63, 3.8) is 0 Å². The summed E-state index contributed by atoms with van der Waals surface area (Å²) < 4.78 is 1.98. The lowest BCUT2D eigenvalue weighted by Gasteiger charge is -2.39. The molecule has 0 aliphatic heterocycles. The first-order chi connectivity index (χ1) is 8.45. The predicted octanol–water partition coefficient (Wildman–Crippen LogP) is 3.17. The van der Waals surface area contributed by atoms with Gasteiger partial charge in [-0.2, -0.15) is 5.10 Å². The molecule has 0 bridgehead atoms. The van der Waals surface area contributed by atoms with Crippen molar-refractivity contribution in [2.75, 3.05) is 11.1 Å². The highest BCUT2D eigenvalue weighted by Gasteiger charge is 2.33. The quantitative estimate of drug-likeness (QED) is 0.866. The largest absolute Gasteiger partial charge is 0.394 e. The number of aromatic nitrogens is 2. The maximum atomic E-state index is 6.14. The van der Waals surface area contributed by atoms with E-state index in [9.17, 15) is 0 Å². The van der Waals surface area contributed by atoms with Crippen LogP contribution in [0.3, 0.4) is 0 Å². The van der Waals surface area contributed by atoms with Gasteiger partial charge in [0.1, 0.15) is 5.82 Å². The van der Waals surface area contributed by atoms with Gasteiger partial charge in [-0.15, -0.1) is 0 Å². The van der Waals surface area contributed by atoms with Crippen LogP contribution in [0.2, 0.25) is 0 Å². The molecule has 0 radical (unpaired) electrons. The zero-order valence-electron chi connectivity index (χ0n) is 12.1. The summed E-state index contributed by atoms with van der Waals surface area (Å²) in [7, 11) is 0. The molecular weight excluding hydrogens is 224 g/mol. The number of nitrogens with two attached hydrogens (primary N) is 1. The number of nitrogen functional groups attached to an aromatic ring is 1. The van der Waals surface area contributed by atoms with Crippen LogP contribution in [0, 0.1) is 12.3 Å². The van der Waals surface area contributed by atoms with Gasteiger partial charge in [0.25, 0.3) is 0 Å². The van der Waals surface area contributed by atoms with Crippen LogP contribution in [0.15, 0.2) is 0 Å². The first-order valence-corrected chi connectivity index (χ1v) is 7.05. The summed E-state index contributed by atoms with van der Waals surface area (Å²) in [4.78, 5) is 0. The zero-order chi connectivity index (χ0) is 13.3. The molecule has 18 heavy (non-hydrogen) atoms. The Balaban J connectivity index is 2.23. The number of nitrogens with one attached hydrogen (secondary N) is 1. The molecule has 1 saturated carbocycles.